The van der Waals surface area contributed by atoms with Crippen molar-refractivity contribution in [3.63, 3.8) is 0 Å². The molecule has 2 N–H and O–H groups in total. The Morgan fingerprint density at radius 2 is 2.05 bits per heavy atom. The minimum atomic E-state index is -3.96. The highest BCUT2D eigenvalue weighted by Gasteiger charge is 2.21. The van der Waals surface area contributed by atoms with Crippen LogP contribution in [-0.4, -0.2) is 33.3 Å². The Morgan fingerprint density at radius 3 is 2.68 bits per heavy atom. The summed E-state index contributed by atoms with van der Waals surface area (Å²) in [6.07, 6.45) is -0.534. The van der Waals surface area contributed by atoms with E-state index < -0.39 is 26.8 Å². The molecular formula is C14H16FNO4S2. The van der Waals surface area contributed by atoms with Crippen LogP contribution in [0, 0.1) is 5.82 Å². The molecule has 1 atom stereocenters. The van der Waals surface area contributed by atoms with Gasteiger partial charge >= 0.3 is 0 Å². The quantitative estimate of drug-likeness (QED) is 0.766. The van der Waals surface area contributed by atoms with Crippen molar-refractivity contribution >= 4 is 21.4 Å². The zero-order chi connectivity index (χ0) is 16.0. The number of aliphatic hydroxyl groups is 1. The Bertz CT molecular complexity index is 689. The van der Waals surface area contributed by atoms with Crippen LogP contribution in [0.3, 0.4) is 0 Å². The van der Waals surface area contributed by atoms with Gasteiger partial charge in [0, 0.05) is 11.4 Å². The fourth-order valence-electron chi connectivity index (χ4n) is 1.84. The topological polar surface area (TPSA) is 75.6 Å². The molecule has 1 heterocycles. The number of ether oxygens (including phenoxy) is 1. The van der Waals surface area contributed by atoms with Gasteiger partial charge in [-0.3, -0.25) is 0 Å². The molecule has 0 saturated carbocycles. The SMILES string of the molecule is O=S(=O)(NC[C@H](OCCO)c1cccs1)c1ccccc1F. The molecule has 22 heavy (non-hydrogen) atoms. The summed E-state index contributed by atoms with van der Waals surface area (Å²) in [4.78, 5) is 0.423. The number of hydrogen-bond donors (Lipinski definition) is 2. The van der Waals surface area contributed by atoms with Crippen molar-refractivity contribution in [2.75, 3.05) is 19.8 Å². The van der Waals surface area contributed by atoms with Gasteiger partial charge in [-0.25, -0.2) is 17.5 Å². The normalized spacial score (nSPS) is 13.2. The van der Waals surface area contributed by atoms with Crippen molar-refractivity contribution in [1.82, 2.24) is 4.72 Å². The first-order chi connectivity index (χ1) is 10.5. The van der Waals surface area contributed by atoms with Crippen molar-refractivity contribution in [2.45, 2.75) is 11.0 Å². The predicted octanol–water partition coefficient (Wildman–Crippen LogP) is 1.92. The number of benzene rings is 1. The minimum absolute atomic E-state index is 0.0445. The van der Waals surface area contributed by atoms with Crippen LogP contribution < -0.4 is 4.72 Å². The van der Waals surface area contributed by atoms with Crippen LogP contribution in [-0.2, 0) is 14.8 Å². The standard InChI is InChI=1S/C14H16FNO4S2/c15-11-4-1-2-6-14(11)22(18,19)16-10-12(20-8-7-17)13-5-3-9-21-13/h1-6,9,12,16-17H,7-8,10H2/t12-/m0/s1. The number of hydrogen-bond acceptors (Lipinski definition) is 5. The molecular weight excluding hydrogens is 329 g/mol. The Hall–Kier alpha value is -1.32. The first-order valence-electron chi connectivity index (χ1n) is 6.54. The molecule has 8 heteroatoms. The fourth-order valence-corrected chi connectivity index (χ4v) is 3.72. The van der Waals surface area contributed by atoms with Crippen molar-refractivity contribution in [2.24, 2.45) is 0 Å². The van der Waals surface area contributed by atoms with Crippen LogP contribution in [0.15, 0.2) is 46.7 Å². The van der Waals surface area contributed by atoms with E-state index in [9.17, 15) is 12.8 Å². The van der Waals surface area contributed by atoms with Crippen molar-refractivity contribution in [1.29, 1.82) is 0 Å². The van der Waals surface area contributed by atoms with Gasteiger partial charge in [-0.15, -0.1) is 11.3 Å². The molecule has 0 aliphatic heterocycles. The second-order valence-electron chi connectivity index (χ2n) is 4.38. The fraction of sp³-hybridized carbons (Fsp3) is 0.286. The van der Waals surface area contributed by atoms with Gasteiger partial charge in [0.2, 0.25) is 10.0 Å². The van der Waals surface area contributed by atoms with Gasteiger partial charge < -0.3 is 9.84 Å². The molecule has 0 fully saturated rings. The average molecular weight is 345 g/mol. The lowest BCUT2D eigenvalue weighted by atomic mass is 10.3. The Balaban J connectivity index is 2.10. The van der Waals surface area contributed by atoms with Gasteiger partial charge in [0.25, 0.3) is 0 Å². The van der Waals surface area contributed by atoms with Crippen LogP contribution in [0.2, 0.25) is 0 Å². The molecule has 5 nitrogen and oxygen atoms in total. The zero-order valence-corrected chi connectivity index (χ0v) is 13.2. The van der Waals surface area contributed by atoms with Gasteiger partial charge in [0.15, 0.2) is 0 Å². The summed E-state index contributed by atoms with van der Waals surface area (Å²) in [5.74, 6) is -0.807. The van der Waals surface area contributed by atoms with Crippen LogP contribution >= 0.6 is 11.3 Å². The minimum Gasteiger partial charge on any atom is -0.394 e. The van der Waals surface area contributed by atoms with Crippen LogP contribution in [0.5, 0.6) is 0 Å². The molecule has 2 aromatic rings. The maximum atomic E-state index is 13.6. The lowest BCUT2D eigenvalue weighted by molar-refractivity contribution is 0.0328. The molecule has 0 aliphatic rings. The van der Waals surface area contributed by atoms with E-state index in [0.29, 0.717) is 0 Å². The van der Waals surface area contributed by atoms with Crippen molar-refractivity contribution < 1.29 is 22.7 Å². The van der Waals surface area contributed by atoms with Gasteiger partial charge in [0.1, 0.15) is 16.8 Å². The zero-order valence-electron chi connectivity index (χ0n) is 11.6. The van der Waals surface area contributed by atoms with Crippen LogP contribution in [0.4, 0.5) is 4.39 Å². The Labute approximate surface area is 132 Å². The number of nitrogens with one attached hydrogen (secondary N) is 1. The summed E-state index contributed by atoms with van der Waals surface area (Å²) >= 11 is 1.42. The molecule has 0 saturated heterocycles. The second kappa shape index (κ2) is 7.80. The molecule has 1 aromatic carbocycles. The number of aliphatic hydroxyl groups excluding tert-OH is 1. The number of thiophene rings is 1. The predicted molar refractivity (Wildman–Crippen MR) is 81.7 cm³/mol. The smallest absolute Gasteiger partial charge is 0.243 e. The summed E-state index contributed by atoms with van der Waals surface area (Å²) in [7, 11) is -3.96. The van der Waals surface area contributed by atoms with E-state index in [1.165, 1.54) is 29.5 Å². The highest BCUT2D eigenvalue weighted by atomic mass is 32.2. The first-order valence-corrected chi connectivity index (χ1v) is 8.91. The summed E-state index contributed by atoms with van der Waals surface area (Å²) in [5.41, 5.74) is 0. The average Bonchev–Trinajstić information content (AvgIpc) is 3.02. The van der Waals surface area contributed by atoms with E-state index in [4.69, 9.17) is 9.84 Å². The summed E-state index contributed by atoms with van der Waals surface area (Å²) in [5, 5.41) is 10.7. The molecule has 0 unspecified atom stereocenters. The first kappa shape index (κ1) is 17.0. The van der Waals surface area contributed by atoms with Gasteiger partial charge in [0.05, 0.1) is 13.2 Å². The summed E-state index contributed by atoms with van der Waals surface area (Å²) < 4.78 is 45.7. The van der Waals surface area contributed by atoms with Crippen LogP contribution in [0.1, 0.15) is 11.0 Å². The van der Waals surface area contributed by atoms with Crippen molar-refractivity contribution in [3.8, 4) is 0 Å². The summed E-state index contributed by atoms with van der Waals surface area (Å²) in [6, 6.07) is 8.80. The molecule has 0 spiro atoms. The third-order valence-corrected chi connectivity index (χ3v) is 5.28. The molecule has 120 valence electrons. The maximum absolute atomic E-state index is 13.6. The molecule has 0 aliphatic carbocycles. The van der Waals surface area contributed by atoms with Crippen molar-refractivity contribution in [3.05, 3.63) is 52.5 Å². The Kier molecular flexibility index (Phi) is 6.04. The highest BCUT2D eigenvalue weighted by molar-refractivity contribution is 7.89. The third kappa shape index (κ3) is 4.34. The van der Waals surface area contributed by atoms with Gasteiger partial charge in [-0.1, -0.05) is 18.2 Å². The monoisotopic (exact) mass is 345 g/mol. The lowest BCUT2D eigenvalue weighted by Crippen LogP contribution is -2.30. The molecule has 0 amide bonds. The van der Waals surface area contributed by atoms with E-state index in [1.807, 2.05) is 17.5 Å². The van der Waals surface area contributed by atoms with Gasteiger partial charge in [-0.05, 0) is 23.6 Å². The molecule has 0 radical (unpaired) electrons. The summed E-state index contributed by atoms with van der Waals surface area (Å²) in [6.45, 7) is -0.122. The van der Waals surface area contributed by atoms with Crippen LogP contribution in [0.25, 0.3) is 0 Å². The Morgan fingerprint density at radius 1 is 1.27 bits per heavy atom. The highest BCUT2D eigenvalue weighted by Crippen LogP contribution is 2.23. The number of rotatable bonds is 8. The third-order valence-electron chi connectivity index (χ3n) is 2.86. The largest absolute Gasteiger partial charge is 0.394 e. The van der Waals surface area contributed by atoms with E-state index in [0.717, 1.165) is 10.9 Å². The molecule has 2 rings (SSSR count). The lowest BCUT2D eigenvalue weighted by Gasteiger charge is -2.17. The number of halogens is 1. The van der Waals surface area contributed by atoms with E-state index >= 15 is 0 Å². The van der Waals surface area contributed by atoms with E-state index in [1.54, 1.807) is 0 Å². The molecule has 1 aromatic heterocycles. The van der Waals surface area contributed by atoms with Gasteiger partial charge in [-0.2, -0.15) is 0 Å². The molecule has 0 bridgehead atoms. The van der Waals surface area contributed by atoms with E-state index in [2.05, 4.69) is 4.72 Å². The van der Waals surface area contributed by atoms with E-state index in [-0.39, 0.29) is 19.8 Å². The second-order valence-corrected chi connectivity index (χ2v) is 7.10. The maximum Gasteiger partial charge on any atom is 0.243 e. The number of sulfonamides is 1.